The summed E-state index contributed by atoms with van der Waals surface area (Å²) in [4.78, 5) is 1.46. The van der Waals surface area contributed by atoms with E-state index >= 15 is 0 Å². The summed E-state index contributed by atoms with van der Waals surface area (Å²) in [5.41, 5.74) is 0. The zero-order valence-electron chi connectivity index (χ0n) is 14.1. The van der Waals surface area contributed by atoms with Crippen LogP contribution in [0.4, 0.5) is 0 Å². The highest BCUT2D eigenvalue weighted by atomic mass is 32.2. The van der Waals surface area contributed by atoms with Crippen LogP contribution in [0.15, 0.2) is 52.0 Å². The van der Waals surface area contributed by atoms with E-state index in [1.54, 1.807) is 25.5 Å². The van der Waals surface area contributed by atoms with E-state index in [0.29, 0.717) is 19.0 Å². The molecule has 1 fully saturated rings. The second kappa shape index (κ2) is 8.01. The number of quaternary nitrogens is 1. The van der Waals surface area contributed by atoms with Gasteiger partial charge in [0, 0.05) is 0 Å². The summed E-state index contributed by atoms with van der Waals surface area (Å²) in [5.74, 6) is 1.39. The Morgan fingerprint density at radius 1 is 1.20 bits per heavy atom. The van der Waals surface area contributed by atoms with E-state index in [1.165, 1.54) is 17.0 Å². The largest absolute Gasteiger partial charge is 0.497 e. The molecular formula is C17H23N2O5S+. The maximum Gasteiger partial charge on any atom is 0.240 e. The summed E-state index contributed by atoms with van der Waals surface area (Å²) < 4.78 is 43.9. The fourth-order valence-electron chi connectivity index (χ4n) is 2.95. The number of hydrogen-bond donors (Lipinski definition) is 2. The average Bonchev–Trinajstić information content (AvgIpc) is 3.17. The first kappa shape index (κ1) is 17.9. The van der Waals surface area contributed by atoms with Gasteiger partial charge in [0.1, 0.15) is 18.8 Å². The van der Waals surface area contributed by atoms with Gasteiger partial charge < -0.3 is 18.8 Å². The number of ether oxygens (including phenoxy) is 2. The lowest BCUT2D eigenvalue weighted by atomic mass is 10.2. The number of sulfonamides is 1. The van der Waals surface area contributed by atoms with Crippen molar-refractivity contribution < 1.29 is 27.2 Å². The van der Waals surface area contributed by atoms with Crippen molar-refractivity contribution in [2.75, 3.05) is 40.0 Å². The van der Waals surface area contributed by atoms with Crippen molar-refractivity contribution >= 4 is 10.0 Å². The van der Waals surface area contributed by atoms with E-state index < -0.39 is 10.0 Å². The number of rotatable bonds is 7. The van der Waals surface area contributed by atoms with Gasteiger partial charge in [0.15, 0.2) is 11.8 Å². The maximum atomic E-state index is 12.6. The number of furan rings is 1. The maximum absolute atomic E-state index is 12.6. The molecule has 8 heteroatoms. The average molecular weight is 367 g/mol. The first-order chi connectivity index (χ1) is 12.1. The molecule has 0 saturated carbocycles. The van der Waals surface area contributed by atoms with Crippen molar-refractivity contribution in [3.05, 3.63) is 48.4 Å². The lowest BCUT2D eigenvalue weighted by Gasteiger charge is -2.30. The first-order valence-corrected chi connectivity index (χ1v) is 9.68. The Morgan fingerprint density at radius 3 is 2.52 bits per heavy atom. The molecule has 2 aromatic rings. The molecule has 1 aliphatic rings. The van der Waals surface area contributed by atoms with Crippen molar-refractivity contribution in [2.24, 2.45) is 0 Å². The molecule has 1 aromatic heterocycles. The van der Waals surface area contributed by atoms with Gasteiger partial charge in [-0.25, -0.2) is 13.1 Å². The van der Waals surface area contributed by atoms with Gasteiger partial charge in [0.25, 0.3) is 0 Å². The Bertz CT molecular complexity index is 753. The van der Waals surface area contributed by atoms with E-state index in [4.69, 9.17) is 13.9 Å². The van der Waals surface area contributed by atoms with Gasteiger partial charge in [-0.3, -0.25) is 0 Å². The molecule has 0 radical (unpaired) electrons. The van der Waals surface area contributed by atoms with E-state index in [1.807, 2.05) is 12.1 Å². The third kappa shape index (κ3) is 4.40. The van der Waals surface area contributed by atoms with E-state index in [-0.39, 0.29) is 17.5 Å². The van der Waals surface area contributed by atoms with E-state index in [0.717, 1.165) is 18.8 Å². The standard InChI is InChI=1S/C17H22N2O5S/c1-22-14-4-6-15(7-5-14)25(20,21)18-13-16(17-3-2-10-24-17)19-8-11-23-12-9-19/h2-7,10,16,18H,8-9,11-13H2,1H3/p+1/t16-/m1/s1. The minimum absolute atomic E-state index is 0.0908. The molecule has 7 nitrogen and oxygen atoms in total. The van der Waals surface area contributed by atoms with Crippen LogP contribution in [0.2, 0.25) is 0 Å². The minimum atomic E-state index is -3.60. The lowest BCUT2D eigenvalue weighted by Crippen LogP contribution is -3.15. The predicted octanol–water partition coefficient (Wildman–Crippen LogP) is 0.223. The SMILES string of the molecule is COc1ccc(S(=O)(=O)NC[C@H](c2ccco2)[NH+]2CCOCC2)cc1. The molecule has 1 saturated heterocycles. The van der Waals surface area contributed by atoms with E-state index in [9.17, 15) is 8.42 Å². The summed E-state index contributed by atoms with van der Waals surface area (Å²) in [7, 11) is -2.06. The molecular weight excluding hydrogens is 344 g/mol. The second-order valence-electron chi connectivity index (χ2n) is 5.87. The molecule has 1 atom stereocenters. The Balaban J connectivity index is 1.73. The van der Waals surface area contributed by atoms with Crippen molar-refractivity contribution in [2.45, 2.75) is 10.9 Å². The molecule has 0 bridgehead atoms. The topological polar surface area (TPSA) is 82.2 Å². The highest BCUT2D eigenvalue weighted by Gasteiger charge is 2.30. The zero-order chi connectivity index (χ0) is 17.7. The number of hydrogen-bond acceptors (Lipinski definition) is 5. The van der Waals surface area contributed by atoms with Crippen molar-refractivity contribution in [1.82, 2.24) is 4.72 Å². The van der Waals surface area contributed by atoms with Crippen LogP contribution >= 0.6 is 0 Å². The number of benzene rings is 1. The van der Waals surface area contributed by atoms with Gasteiger partial charge in [0.05, 0.1) is 38.0 Å². The quantitative estimate of drug-likeness (QED) is 0.732. The molecule has 3 rings (SSSR count). The number of morpholine rings is 1. The molecule has 136 valence electrons. The zero-order valence-corrected chi connectivity index (χ0v) is 14.9. The number of methoxy groups -OCH3 is 1. The van der Waals surface area contributed by atoms with Gasteiger partial charge in [0.2, 0.25) is 10.0 Å². The van der Waals surface area contributed by atoms with Crippen molar-refractivity contribution in [1.29, 1.82) is 0 Å². The highest BCUT2D eigenvalue weighted by Crippen LogP contribution is 2.16. The summed E-state index contributed by atoms with van der Waals surface area (Å²) in [6, 6.07) is 9.94. The van der Waals surface area contributed by atoms with Crippen LogP contribution in [0, 0.1) is 0 Å². The third-order valence-corrected chi connectivity index (χ3v) is 5.80. The highest BCUT2D eigenvalue weighted by molar-refractivity contribution is 7.89. The van der Waals surface area contributed by atoms with Crippen LogP contribution in [0.3, 0.4) is 0 Å². The van der Waals surface area contributed by atoms with Crippen molar-refractivity contribution in [3.8, 4) is 5.75 Å². The van der Waals surface area contributed by atoms with Crippen molar-refractivity contribution in [3.63, 3.8) is 0 Å². The summed E-state index contributed by atoms with van der Waals surface area (Å²) >= 11 is 0. The molecule has 2 heterocycles. The Hall–Kier alpha value is -1.87. The molecule has 0 amide bonds. The van der Waals surface area contributed by atoms with Gasteiger partial charge in [-0.2, -0.15) is 0 Å². The molecule has 2 N–H and O–H groups in total. The van der Waals surface area contributed by atoms with Crippen LogP contribution in [0.1, 0.15) is 11.8 Å². The van der Waals surface area contributed by atoms with Crippen LogP contribution < -0.4 is 14.4 Å². The molecule has 0 spiro atoms. The second-order valence-corrected chi connectivity index (χ2v) is 7.63. The summed E-state index contributed by atoms with van der Waals surface area (Å²) in [6.45, 7) is 3.22. The van der Waals surface area contributed by atoms with Crippen LogP contribution in [0.25, 0.3) is 0 Å². The fraction of sp³-hybridized carbons (Fsp3) is 0.412. The summed E-state index contributed by atoms with van der Waals surface area (Å²) in [6.07, 6.45) is 1.61. The number of nitrogens with one attached hydrogen (secondary N) is 2. The summed E-state index contributed by atoms with van der Waals surface area (Å²) in [5, 5.41) is 0. The van der Waals surface area contributed by atoms with Gasteiger partial charge in [-0.1, -0.05) is 0 Å². The first-order valence-electron chi connectivity index (χ1n) is 8.19. The third-order valence-electron chi connectivity index (χ3n) is 4.36. The minimum Gasteiger partial charge on any atom is -0.497 e. The van der Waals surface area contributed by atoms with E-state index in [2.05, 4.69) is 4.72 Å². The fourth-order valence-corrected chi connectivity index (χ4v) is 4.00. The van der Waals surface area contributed by atoms with Gasteiger partial charge in [-0.05, 0) is 36.4 Å². The van der Waals surface area contributed by atoms with Crippen LogP contribution in [-0.2, 0) is 14.8 Å². The molecule has 0 unspecified atom stereocenters. The monoisotopic (exact) mass is 367 g/mol. The Morgan fingerprint density at radius 2 is 1.92 bits per heavy atom. The molecule has 1 aromatic carbocycles. The Labute approximate surface area is 147 Å². The smallest absolute Gasteiger partial charge is 0.240 e. The predicted molar refractivity (Wildman–Crippen MR) is 91.1 cm³/mol. The van der Waals surface area contributed by atoms with Crippen LogP contribution in [-0.4, -0.2) is 48.4 Å². The Kier molecular flexibility index (Phi) is 5.74. The van der Waals surface area contributed by atoms with Gasteiger partial charge >= 0.3 is 0 Å². The molecule has 25 heavy (non-hydrogen) atoms. The lowest BCUT2D eigenvalue weighted by molar-refractivity contribution is -0.938. The normalized spacial score (nSPS) is 17.3. The molecule has 1 aliphatic heterocycles. The van der Waals surface area contributed by atoms with Gasteiger partial charge in [-0.15, -0.1) is 0 Å². The van der Waals surface area contributed by atoms with Crippen LogP contribution in [0.5, 0.6) is 5.75 Å². The molecule has 0 aliphatic carbocycles.